The maximum atomic E-state index is 12.7. The molecule has 0 rings (SSSR count). The first-order valence-electron chi connectivity index (χ1n) is 20.9. The molecule has 3 atom stereocenters. The van der Waals surface area contributed by atoms with E-state index in [-0.39, 0.29) is 25.7 Å². The molecule has 0 aliphatic rings. The zero-order chi connectivity index (χ0) is 38.2. The molecule has 0 saturated heterocycles. The summed E-state index contributed by atoms with van der Waals surface area (Å²) >= 11 is 0. The standard InChI is InChI=1S/C43H79N2O6P/c1-3-5-7-9-11-13-15-17-18-19-20-21-22-23-24-25-27-29-31-33-35-37-43(47)45-41(40-51-52(48,49)50-39-38-44)42(46)36-34-32-30-28-26-16-14-12-10-8-6-4-2/h15,17,19-20,22-23,26,28,34,36,41-42,46H,3-14,16,18,21,24-25,27,29-33,35,37-40,44H2,1-2H3,(H,45,47)(H,48,49)/b17-15-,20-19-,23-22-,28-26+,36-34+. The monoisotopic (exact) mass is 751 g/mol. The van der Waals surface area contributed by atoms with Crippen molar-refractivity contribution in [3.63, 3.8) is 0 Å². The van der Waals surface area contributed by atoms with Gasteiger partial charge in [0, 0.05) is 13.0 Å². The van der Waals surface area contributed by atoms with Gasteiger partial charge in [0.05, 0.1) is 25.4 Å². The van der Waals surface area contributed by atoms with E-state index < -0.39 is 20.0 Å². The van der Waals surface area contributed by atoms with Gasteiger partial charge in [-0.25, -0.2) is 4.57 Å². The van der Waals surface area contributed by atoms with E-state index in [1.54, 1.807) is 6.08 Å². The summed E-state index contributed by atoms with van der Waals surface area (Å²) in [4.78, 5) is 22.6. The van der Waals surface area contributed by atoms with Crippen molar-refractivity contribution in [2.24, 2.45) is 5.73 Å². The third-order valence-electron chi connectivity index (χ3n) is 8.82. The van der Waals surface area contributed by atoms with Crippen molar-refractivity contribution >= 4 is 13.7 Å². The maximum absolute atomic E-state index is 12.7. The second-order valence-electron chi connectivity index (χ2n) is 13.8. The number of rotatable bonds is 38. The quantitative estimate of drug-likeness (QED) is 0.0281. The van der Waals surface area contributed by atoms with Crippen molar-refractivity contribution in [3.8, 4) is 0 Å². The van der Waals surface area contributed by atoms with Crippen LogP contribution in [-0.4, -0.2) is 47.8 Å². The van der Waals surface area contributed by atoms with Gasteiger partial charge < -0.3 is 21.1 Å². The van der Waals surface area contributed by atoms with E-state index >= 15 is 0 Å². The van der Waals surface area contributed by atoms with Crippen molar-refractivity contribution in [1.82, 2.24) is 5.32 Å². The van der Waals surface area contributed by atoms with Crippen LogP contribution in [0.2, 0.25) is 0 Å². The predicted molar refractivity (Wildman–Crippen MR) is 221 cm³/mol. The number of aliphatic hydroxyl groups excluding tert-OH is 1. The van der Waals surface area contributed by atoms with E-state index in [0.29, 0.717) is 6.42 Å². The molecule has 0 aromatic heterocycles. The smallest absolute Gasteiger partial charge is 0.387 e. The van der Waals surface area contributed by atoms with Gasteiger partial charge in [-0.3, -0.25) is 13.8 Å². The van der Waals surface area contributed by atoms with Crippen molar-refractivity contribution in [1.29, 1.82) is 0 Å². The van der Waals surface area contributed by atoms with Crippen LogP contribution in [0.25, 0.3) is 0 Å². The van der Waals surface area contributed by atoms with Gasteiger partial charge in [-0.1, -0.05) is 158 Å². The Kier molecular flexibility index (Phi) is 37.6. The molecule has 0 radical (unpaired) electrons. The summed E-state index contributed by atoms with van der Waals surface area (Å²) < 4.78 is 22.0. The lowest BCUT2D eigenvalue weighted by Crippen LogP contribution is -2.45. The number of unbranched alkanes of at least 4 members (excludes halogenated alkanes) is 18. The maximum Gasteiger partial charge on any atom is 0.472 e. The first-order valence-corrected chi connectivity index (χ1v) is 22.4. The molecule has 0 spiro atoms. The summed E-state index contributed by atoms with van der Waals surface area (Å²) in [6.45, 7) is 4.06. The number of allylic oxidation sites excluding steroid dienone is 9. The van der Waals surface area contributed by atoms with Crippen molar-refractivity contribution in [2.45, 2.75) is 187 Å². The van der Waals surface area contributed by atoms with Crippen LogP contribution in [0.4, 0.5) is 0 Å². The van der Waals surface area contributed by atoms with Crippen molar-refractivity contribution in [3.05, 3.63) is 60.8 Å². The Labute approximate surface area is 319 Å². The van der Waals surface area contributed by atoms with Gasteiger partial charge in [0.2, 0.25) is 5.91 Å². The number of hydrogen-bond acceptors (Lipinski definition) is 6. The molecule has 0 aliphatic heterocycles. The Balaban J connectivity index is 4.27. The predicted octanol–water partition coefficient (Wildman–Crippen LogP) is 11.5. The van der Waals surface area contributed by atoms with Crippen LogP contribution in [0.5, 0.6) is 0 Å². The lowest BCUT2D eigenvalue weighted by molar-refractivity contribution is -0.123. The number of nitrogens with two attached hydrogens (primary N) is 1. The number of carbonyl (C=O) groups excluding carboxylic acids is 1. The number of carbonyl (C=O) groups is 1. The summed E-state index contributed by atoms with van der Waals surface area (Å²) in [7, 11) is -4.35. The van der Waals surface area contributed by atoms with Crippen LogP contribution in [0.1, 0.15) is 174 Å². The van der Waals surface area contributed by atoms with Gasteiger partial charge in [0.25, 0.3) is 0 Å². The highest BCUT2D eigenvalue weighted by Crippen LogP contribution is 2.43. The van der Waals surface area contributed by atoms with E-state index in [0.717, 1.165) is 64.2 Å². The average Bonchev–Trinajstić information content (AvgIpc) is 3.13. The molecule has 1 amide bonds. The SMILES string of the molecule is CCCCCCC/C=C\C/C=C\C/C=C\CCCCCCCCC(=O)NC(COP(=O)(O)OCCN)C(O)/C=C/CC/C=C/CCCCCCCC. The Morgan fingerprint density at radius 1 is 0.635 bits per heavy atom. The van der Waals surface area contributed by atoms with Gasteiger partial charge in [0.15, 0.2) is 0 Å². The molecular formula is C43H79N2O6P. The minimum absolute atomic E-state index is 0.0690. The highest BCUT2D eigenvalue weighted by molar-refractivity contribution is 7.47. The molecule has 5 N–H and O–H groups in total. The highest BCUT2D eigenvalue weighted by Gasteiger charge is 2.26. The molecule has 0 aromatic carbocycles. The summed E-state index contributed by atoms with van der Waals surface area (Å²) in [6.07, 6.45) is 48.4. The second-order valence-corrected chi connectivity index (χ2v) is 15.3. The van der Waals surface area contributed by atoms with Crippen LogP contribution in [0.15, 0.2) is 60.8 Å². The highest BCUT2D eigenvalue weighted by atomic mass is 31.2. The average molecular weight is 751 g/mol. The van der Waals surface area contributed by atoms with E-state index in [1.807, 2.05) is 6.08 Å². The molecular weight excluding hydrogens is 671 g/mol. The first-order chi connectivity index (χ1) is 25.4. The fraction of sp³-hybridized carbons (Fsp3) is 0.744. The Bertz CT molecular complexity index is 996. The topological polar surface area (TPSA) is 131 Å². The van der Waals surface area contributed by atoms with E-state index in [9.17, 15) is 19.4 Å². The summed E-state index contributed by atoms with van der Waals surface area (Å²) in [5, 5.41) is 13.6. The number of hydrogen-bond donors (Lipinski definition) is 4. The lowest BCUT2D eigenvalue weighted by Gasteiger charge is -2.23. The number of phosphoric ester groups is 1. The summed E-state index contributed by atoms with van der Waals surface area (Å²) in [5.41, 5.74) is 5.36. The fourth-order valence-corrected chi connectivity index (χ4v) is 6.38. The van der Waals surface area contributed by atoms with Gasteiger partial charge in [0.1, 0.15) is 0 Å². The van der Waals surface area contributed by atoms with Crippen LogP contribution in [0, 0.1) is 0 Å². The molecule has 0 aliphatic carbocycles. The Hall–Kier alpha value is -1.80. The molecule has 3 unspecified atom stereocenters. The molecule has 52 heavy (non-hydrogen) atoms. The lowest BCUT2D eigenvalue weighted by atomic mass is 10.1. The van der Waals surface area contributed by atoms with Gasteiger partial charge in [-0.15, -0.1) is 0 Å². The zero-order valence-electron chi connectivity index (χ0n) is 33.3. The van der Waals surface area contributed by atoms with Gasteiger partial charge in [-0.2, -0.15) is 0 Å². The summed E-state index contributed by atoms with van der Waals surface area (Å²) in [6, 6.07) is -0.885. The van der Waals surface area contributed by atoms with Crippen molar-refractivity contribution < 1.29 is 28.4 Å². The summed E-state index contributed by atoms with van der Waals surface area (Å²) in [5.74, 6) is -0.220. The number of amides is 1. The molecule has 0 heterocycles. The normalized spacial score (nSPS) is 14.8. The number of nitrogens with one attached hydrogen (secondary N) is 1. The van der Waals surface area contributed by atoms with Crippen LogP contribution < -0.4 is 11.1 Å². The third kappa shape index (κ3) is 36.6. The van der Waals surface area contributed by atoms with E-state index in [4.69, 9.17) is 14.8 Å². The minimum atomic E-state index is -4.35. The fourth-order valence-electron chi connectivity index (χ4n) is 5.62. The van der Waals surface area contributed by atoms with E-state index in [2.05, 4.69) is 67.8 Å². The van der Waals surface area contributed by atoms with Crippen molar-refractivity contribution in [2.75, 3.05) is 19.8 Å². The van der Waals surface area contributed by atoms with Crippen LogP contribution in [-0.2, 0) is 18.4 Å². The molecule has 0 fully saturated rings. The van der Waals surface area contributed by atoms with Crippen LogP contribution >= 0.6 is 7.82 Å². The van der Waals surface area contributed by atoms with Gasteiger partial charge >= 0.3 is 7.82 Å². The minimum Gasteiger partial charge on any atom is -0.387 e. The molecule has 9 heteroatoms. The van der Waals surface area contributed by atoms with E-state index in [1.165, 1.54) is 89.9 Å². The third-order valence-corrected chi connectivity index (χ3v) is 9.80. The molecule has 8 nitrogen and oxygen atoms in total. The molecule has 0 aromatic rings. The Morgan fingerprint density at radius 3 is 1.62 bits per heavy atom. The second kappa shape index (κ2) is 38.9. The molecule has 0 bridgehead atoms. The first kappa shape index (κ1) is 50.2. The largest absolute Gasteiger partial charge is 0.472 e. The van der Waals surface area contributed by atoms with Gasteiger partial charge in [-0.05, 0) is 70.6 Å². The molecule has 302 valence electrons. The zero-order valence-corrected chi connectivity index (χ0v) is 34.2. The van der Waals surface area contributed by atoms with Crippen LogP contribution in [0.3, 0.4) is 0 Å². The molecule has 0 saturated carbocycles. The Morgan fingerprint density at radius 2 is 1.08 bits per heavy atom. The number of phosphoric acid groups is 1. The number of aliphatic hydroxyl groups is 1.